The number of amides is 2. The minimum Gasteiger partial charge on any atom is -0.351 e. The first-order valence-corrected chi connectivity index (χ1v) is 3.84. The van der Waals surface area contributed by atoms with Crippen molar-refractivity contribution in [3.05, 3.63) is 0 Å². The molecule has 1 aliphatic rings. The maximum atomic E-state index is 10.8. The Morgan fingerprint density at radius 3 is 2.27 bits per heavy atom. The van der Waals surface area contributed by atoms with Gasteiger partial charge in [-0.1, -0.05) is 0 Å². The average Bonchev–Trinajstić information content (AvgIpc) is 1.85. The standard InChI is InChI=1S/C7H14N3O/c1-5-3-10(7(8)11)4-6(2)9-5/h5-6H,3-4H2,1-2H3,(H2,8,11). The number of nitrogens with two attached hydrogens (primary N) is 1. The van der Waals surface area contributed by atoms with E-state index in [1.54, 1.807) is 4.90 Å². The van der Waals surface area contributed by atoms with Crippen LogP contribution in [0.5, 0.6) is 0 Å². The van der Waals surface area contributed by atoms with E-state index < -0.39 is 0 Å². The van der Waals surface area contributed by atoms with Crippen molar-refractivity contribution in [2.24, 2.45) is 5.73 Å². The van der Waals surface area contributed by atoms with Gasteiger partial charge in [0.05, 0.1) is 0 Å². The fraction of sp³-hybridized carbons (Fsp3) is 0.857. The highest BCUT2D eigenvalue weighted by atomic mass is 16.2. The van der Waals surface area contributed by atoms with E-state index in [0.29, 0.717) is 13.1 Å². The number of hydrogen-bond acceptors (Lipinski definition) is 1. The Labute approximate surface area is 66.7 Å². The number of carbonyl (C=O) groups excluding carboxylic acids is 1. The van der Waals surface area contributed by atoms with Gasteiger partial charge in [0.15, 0.2) is 0 Å². The zero-order valence-corrected chi connectivity index (χ0v) is 6.95. The molecule has 4 nitrogen and oxygen atoms in total. The summed E-state index contributed by atoms with van der Waals surface area (Å²) >= 11 is 0. The summed E-state index contributed by atoms with van der Waals surface area (Å²) < 4.78 is 0. The quantitative estimate of drug-likeness (QED) is 0.517. The van der Waals surface area contributed by atoms with Crippen molar-refractivity contribution in [3.63, 3.8) is 0 Å². The second-order valence-electron chi connectivity index (χ2n) is 3.09. The van der Waals surface area contributed by atoms with E-state index in [2.05, 4.69) is 5.32 Å². The molecule has 0 spiro atoms. The average molecular weight is 156 g/mol. The summed E-state index contributed by atoms with van der Waals surface area (Å²) in [7, 11) is 0. The second kappa shape index (κ2) is 3.09. The predicted octanol–water partition coefficient (Wildman–Crippen LogP) is -0.238. The van der Waals surface area contributed by atoms with Crippen molar-refractivity contribution in [3.8, 4) is 0 Å². The normalized spacial score (nSPS) is 32.0. The molecule has 11 heavy (non-hydrogen) atoms. The van der Waals surface area contributed by atoms with Crippen LogP contribution >= 0.6 is 0 Å². The molecule has 1 aliphatic heterocycles. The molecule has 0 aromatic heterocycles. The van der Waals surface area contributed by atoms with Gasteiger partial charge in [0.2, 0.25) is 0 Å². The largest absolute Gasteiger partial charge is 0.351 e. The van der Waals surface area contributed by atoms with Crippen LogP contribution in [-0.4, -0.2) is 36.1 Å². The van der Waals surface area contributed by atoms with Gasteiger partial charge >= 0.3 is 6.03 Å². The molecular formula is C7H14N3O. The smallest absolute Gasteiger partial charge is 0.314 e. The van der Waals surface area contributed by atoms with Crippen molar-refractivity contribution in [1.82, 2.24) is 10.2 Å². The molecule has 4 heteroatoms. The van der Waals surface area contributed by atoms with Gasteiger partial charge in [0.1, 0.15) is 0 Å². The summed E-state index contributed by atoms with van der Waals surface area (Å²) in [5.41, 5.74) is 5.14. The molecule has 1 radical (unpaired) electrons. The van der Waals surface area contributed by atoms with Crippen LogP contribution in [-0.2, 0) is 0 Å². The van der Waals surface area contributed by atoms with Crippen molar-refractivity contribution in [2.75, 3.05) is 13.1 Å². The van der Waals surface area contributed by atoms with Crippen LogP contribution in [0, 0.1) is 0 Å². The van der Waals surface area contributed by atoms with Crippen molar-refractivity contribution in [1.29, 1.82) is 0 Å². The Bertz CT molecular complexity index is 150. The first kappa shape index (κ1) is 8.33. The Hall–Kier alpha value is -0.770. The van der Waals surface area contributed by atoms with Gasteiger partial charge in [-0.2, -0.15) is 0 Å². The summed E-state index contributed by atoms with van der Waals surface area (Å²) in [6, 6.07) is 0.121. The second-order valence-corrected chi connectivity index (χ2v) is 3.09. The summed E-state index contributed by atoms with van der Waals surface area (Å²) in [4.78, 5) is 12.4. The van der Waals surface area contributed by atoms with Crippen LogP contribution in [0.2, 0.25) is 0 Å². The van der Waals surface area contributed by atoms with Crippen LogP contribution in [0.25, 0.3) is 0 Å². The highest BCUT2D eigenvalue weighted by Gasteiger charge is 2.23. The molecule has 63 valence electrons. The van der Waals surface area contributed by atoms with E-state index in [1.165, 1.54) is 0 Å². The van der Waals surface area contributed by atoms with Crippen LogP contribution < -0.4 is 11.1 Å². The number of primary amides is 1. The maximum Gasteiger partial charge on any atom is 0.314 e. The molecule has 0 aromatic rings. The number of urea groups is 1. The molecule has 1 fully saturated rings. The van der Waals surface area contributed by atoms with Crippen molar-refractivity contribution in [2.45, 2.75) is 25.9 Å². The first-order valence-electron chi connectivity index (χ1n) is 3.84. The minimum absolute atomic E-state index is 0.228. The number of carbonyl (C=O) groups is 1. The molecule has 1 rings (SSSR count). The summed E-state index contributed by atoms with van der Waals surface area (Å²) in [5, 5.41) is 4.37. The zero-order valence-electron chi connectivity index (χ0n) is 6.95. The first-order chi connectivity index (χ1) is 5.09. The summed E-state index contributed by atoms with van der Waals surface area (Å²) in [6.45, 7) is 5.32. The highest BCUT2D eigenvalue weighted by Crippen LogP contribution is 2.04. The van der Waals surface area contributed by atoms with Gasteiger partial charge in [0.25, 0.3) is 0 Å². The van der Waals surface area contributed by atoms with E-state index in [4.69, 9.17) is 5.73 Å². The van der Waals surface area contributed by atoms with Gasteiger partial charge in [-0.3, -0.25) is 0 Å². The molecule has 2 unspecified atom stereocenters. The van der Waals surface area contributed by atoms with Crippen LogP contribution in [0.15, 0.2) is 0 Å². The molecule has 0 bridgehead atoms. The van der Waals surface area contributed by atoms with Gasteiger partial charge in [-0.05, 0) is 13.8 Å². The van der Waals surface area contributed by atoms with Gasteiger partial charge in [-0.15, -0.1) is 0 Å². The van der Waals surface area contributed by atoms with E-state index in [-0.39, 0.29) is 18.1 Å². The van der Waals surface area contributed by atoms with Crippen LogP contribution in [0.3, 0.4) is 0 Å². The van der Waals surface area contributed by atoms with Crippen LogP contribution in [0.1, 0.15) is 13.8 Å². The fourth-order valence-corrected chi connectivity index (χ4v) is 1.42. The topological polar surface area (TPSA) is 60.4 Å². The minimum atomic E-state index is -0.335. The third-order valence-corrected chi connectivity index (χ3v) is 1.79. The van der Waals surface area contributed by atoms with Gasteiger partial charge in [-0.25, -0.2) is 10.1 Å². The van der Waals surface area contributed by atoms with Gasteiger partial charge < -0.3 is 10.6 Å². The number of rotatable bonds is 0. The molecular weight excluding hydrogens is 142 g/mol. The molecule has 2 amide bonds. The van der Waals surface area contributed by atoms with Crippen molar-refractivity contribution >= 4 is 6.03 Å². The molecule has 0 aliphatic carbocycles. The van der Waals surface area contributed by atoms with E-state index >= 15 is 0 Å². The Morgan fingerprint density at radius 2 is 1.91 bits per heavy atom. The fourth-order valence-electron chi connectivity index (χ4n) is 1.42. The number of nitrogens with zero attached hydrogens (tertiary/aromatic N) is 2. The maximum absolute atomic E-state index is 10.8. The number of piperazine rings is 1. The SMILES string of the molecule is CC1CN(C(N)=O)CC(C)[N]1. The summed E-state index contributed by atoms with van der Waals surface area (Å²) in [6.07, 6.45) is 0. The predicted molar refractivity (Wildman–Crippen MR) is 42.2 cm³/mol. The van der Waals surface area contributed by atoms with E-state index in [1.807, 2.05) is 13.8 Å². The zero-order chi connectivity index (χ0) is 8.43. The number of hydrogen-bond donors (Lipinski definition) is 1. The van der Waals surface area contributed by atoms with Crippen LogP contribution in [0.4, 0.5) is 4.79 Å². The lowest BCUT2D eigenvalue weighted by molar-refractivity contribution is 0.171. The Kier molecular flexibility index (Phi) is 2.34. The third-order valence-electron chi connectivity index (χ3n) is 1.79. The molecule has 2 atom stereocenters. The van der Waals surface area contributed by atoms with Crippen molar-refractivity contribution < 1.29 is 4.79 Å². The molecule has 1 heterocycles. The highest BCUT2D eigenvalue weighted by molar-refractivity contribution is 5.72. The summed E-state index contributed by atoms with van der Waals surface area (Å²) in [5.74, 6) is 0. The monoisotopic (exact) mass is 156 g/mol. The van der Waals surface area contributed by atoms with E-state index in [0.717, 1.165) is 0 Å². The Balaban J connectivity index is 2.49. The molecule has 1 saturated heterocycles. The molecule has 0 aromatic carbocycles. The lowest BCUT2D eigenvalue weighted by Gasteiger charge is -2.33. The van der Waals surface area contributed by atoms with E-state index in [9.17, 15) is 4.79 Å². The lowest BCUT2D eigenvalue weighted by atomic mass is 10.1. The third kappa shape index (κ3) is 2.08. The Morgan fingerprint density at radius 1 is 1.45 bits per heavy atom. The molecule has 0 saturated carbocycles. The lowest BCUT2D eigenvalue weighted by Crippen LogP contribution is -2.53. The van der Waals surface area contributed by atoms with Gasteiger partial charge in [0, 0.05) is 25.2 Å². The molecule has 2 N–H and O–H groups in total.